The van der Waals surface area contributed by atoms with E-state index in [9.17, 15) is 5.11 Å². The predicted octanol–water partition coefficient (Wildman–Crippen LogP) is 3.40. The molecule has 0 radical (unpaired) electrons. The van der Waals surface area contributed by atoms with E-state index in [1.165, 1.54) is 36.8 Å². The number of phenols is 1. The lowest BCUT2D eigenvalue weighted by molar-refractivity contribution is -0.0721. The minimum absolute atomic E-state index is 0.288. The van der Waals surface area contributed by atoms with Crippen LogP contribution in [0.15, 0.2) is 17.1 Å². The number of nitrogens with zero attached hydrogens (tertiary/aromatic N) is 2. The van der Waals surface area contributed by atoms with E-state index in [-0.39, 0.29) is 6.10 Å². The van der Waals surface area contributed by atoms with Gasteiger partial charge in [0.2, 0.25) is 0 Å². The van der Waals surface area contributed by atoms with Gasteiger partial charge in [-0.1, -0.05) is 6.07 Å². The van der Waals surface area contributed by atoms with E-state index in [1.54, 1.807) is 0 Å². The number of guanidine groups is 1. The molecule has 30 heavy (non-hydrogen) atoms. The fourth-order valence-corrected chi connectivity index (χ4v) is 5.01. The number of fused-ring (bicyclic) bond motifs is 1. The van der Waals surface area contributed by atoms with E-state index in [2.05, 4.69) is 21.3 Å². The Bertz CT molecular complexity index is 723. The summed E-state index contributed by atoms with van der Waals surface area (Å²) in [5.74, 6) is 1.31. The fraction of sp³-hybridized carbons (Fsp3) is 0.708. The molecule has 6 nitrogen and oxygen atoms in total. The number of aromatic hydroxyl groups is 1. The maximum Gasteiger partial charge on any atom is 0.193 e. The smallest absolute Gasteiger partial charge is 0.193 e. The zero-order valence-corrected chi connectivity index (χ0v) is 18.4. The van der Waals surface area contributed by atoms with E-state index in [1.807, 2.05) is 13.1 Å². The second kappa shape index (κ2) is 10.5. The van der Waals surface area contributed by atoms with Crippen LogP contribution in [0.5, 0.6) is 5.75 Å². The van der Waals surface area contributed by atoms with Crippen LogP contribution in [-0.4, -0.2) is 61.5 Å². The van der Waals surface area contributed by atoms with Crippen molar-refractivity contribution in [2.24, 2.45) is 4.99 Å². The van der Waals surface area contributed by atoms with Gasteiger partial charge in [-0.25, -0.2) is 0 Å². The van der Waals surface area contributed by atoms with Crippen LogP contribution in [0.25, 0.3) is 0 Å². The van der Waals surface area contributed by atoms with E-state index >= 15 is 0 Å². The van der Waals surface area contributed by atoms with Gasteiger partial charge >= 0.3 is 0 Å². The molecule has 1 aromatic rings. The molecule has 0 spiro atoms. The van der Waals surface area contributed by atoms with Gasteiger partial charge in [-0.3, -0.25) is 4.99 Å². The Morgan fingerprint density at radius 2 is 2.00 bits per heavy atom. The molecule has 0 amide bonds. The zero-order chi connectivity index (χ0) is 20.8. The lowest BCUT2D eigenvalue weighted by Gasteiger charge is -2.35. The summed E-state index contributed by atoms with van der Waals surface area (Å²) < 4.78 is 11.9. The Morgan fingerprint density at radius 1 is 1.17 bits per heavy atom. The molecule has 2 saturated heterocycles. The Morgan fingerprint density at radius 3 is 2.77 bits per heavy atom. The number of phenolic OH excluding ortho intramolecular Hbond substituents is 1. The van der Waals surface area contributed by atoms with Crippen LogP contribution in [0.2, 0.25) is 0 Å². The van der Waals surface area contributed by atoms with Gasteiger partial charge in [0.15, 0.2) is 5.96 Å². The minimum atomic E-state index is 0.288. The zero-order valence-electron chi connectivity index (χ0n) is 18.4. The Labute approximate surface area is 180 Å². The Kier molecular flexibility index (Phi) is 7.50. The van der Waals surface area contributed by atoms with Gasteiger partial charge in [0.1, 0.15) is 5.75 Å². The molecule has 2 aliphatic heterocycles. The quantitative estimate of drug-likeness (QED) is 0.570. The summed E-state index contributed by atoms with van der Waals surface area (Å²) in [5.41, 5.74) is 3.77. The number of ether oxygens (including phenoxy) is 2. The van der Waals surface area contributed by atoms with Crippen molar-refractivity contribution in [2.45, 2.75) is 76.5 Å². The van der Waals surface area contributed by atoms with Crippen molar-refractivity contribution >= 4 is 5.96 Å². The summed E-state index contributed by atoms with van der Waals surface area (Å²) in [6.07, 6.45) is 10.8. The molecule has 6 heteroatoms. The molecular weight excluding hydrogens is 378 g/mol. The maximum atomic E-state index is 10.4. The molecule has 3 aliphatic rings. The third-order valence-corrected chi connectivity index (χ3v) is 6.79. The molecule has 166 valence electrons. The highest BCUT2D eigenvalue weighted by Gasteiger charge is 2.24. The first kappa shape index (κ1) is 21.4. The van der Waals surface area contributed by atoms with Crippen LogP contribution in [0.1, 0.15) is 61.6 Å². The molecule has 4 rings (SSSR count). The molecule has 0 aromatic heterocycles. The van der Waals surface area contributed by atoms with E-state index in [4.69, 9.17) is 9.47 Å². The van der Waals surface area contributed by atoms with Gasteiger partial charge in [0, 0.05) is 38.9 Å². The number of piperidine rings is 1. The van der Waals surface area contributed by atoms with Crippen molar-refractivity contribution in [2.75, 3.05) is 33.4 Å². The second-order valence-electron chi connectivity index (χ2n) is 8.82. The minimum Gasteiger partial charge on any atom is -0.508 e. The third kappa shape index (κ3) is 5.27. The molecule has 0 bridgehead atoms. The van der Waals surface area contributed by atoms with E-state index in [0.717, 1.165) is 69.9 Å². The van der Waals surface area contributed by atoms with Crippen LogP contribution in [-0.2, 0) is 28.9 Å². The topological polar surface area (TPSA) is 66.3 Å². The summed E-state index contributed by atoms with van der Waals surface area (Å²) in [7, 11) is 1.84. The number of benzene rings is 1. The number of rotatable bonds is 5. The summed E-state index contributed by atoms with van der Waals surface area (Å²) in [5, 5.41) is 13.9. The predicted molar refractivity (Wildman–Crippen MR) is 119 cm³/mol. The highest BCUT2D eigenvalue weighted by Crippen LogP contribution is 2.30. The van der Waals surface area contributed by atoms with Crippen molar-refractivity contribution in [1.29, 1.82) is 0 Å². The van der Waals surface area contributed by atoms with Gasteiger partial charge in [-0.2, -0.15) is 0 Å². The molecule has 2 N–H and O–H groups in total. The first-order chi connectivity index (χ1) is 14.7. The van der Waals surface area contributed by atoms with Crippen LogP contribution in [0.4, 0.5) is 0 Å². The second-order valence-corrected chi connectivity index (χ2v) is 8.82. The third-order valence-electron chi connectivity index (χ3n) is 6.79. The molecule has 1 unspecified atom stereocenters. The van der Waals surface area contributed by atoms with Crippen LogP contribution < -0.4 is 5.32 Å². The van der Waals surface area contributed by atoms with Gasteiger partial charge in [-0.05, 0) is 75.0 Å². The Hall–Kier alpha value is -1.79. The molecule has 1 aliphatic carbocycles. The summed E-state index contributed by atoms with van der Waals surface area (Å²) >= 11 is 0. The van der Waals surface area contributed by atoms with Crippen molar-refractivity contribution in [3.8, 4) is 5.75 Å². The van der Waals surface area contributed by atoms with Gasteiger partial charge in [0.25, 0.3) is 0 Å². The summed E-state index contributed by atoms with van der Waals surface area (Å²) in [6.45, 7) is 4.12. The number of aryl methyl sites for hydroxylation is 1. The van der Waals surface area contributed by atoms with Gasteiger partial charge < -0.3 is 24.8 Å². The lowest BCUT2D eigenvalue weighted by Crippen LogP contribution is -2.47. The molecular formula is C24H37N3O3. The number of hydrogen-bond donors (Lipinski definition) is 2. The molecule has 0 saturated carbocycles. The fourth-order valence-electron chi connectivity index (χ4n) is 5.01. The average molecular weight is 416 g/mol. The Balaban J connectivity index is 1.26. The normalized spacial score (nSPS) is 23.3. The first-order valence-corrected chi connectivity index (χ1v) is 11.8. The summed E-state index contributed by atoms with van der Waals surface area (Å²) in [6, 6.07) is 3.94. The van der Waals surface area contributed by atoms with Crippen LogP contribution in [0.3, 0.4) is 0 Å². The molecule has 1 aromatic carbocycles. The largest absolute Gasteiger partial charge is 0.508 e. The van der Waals surface area contributed by atoms with Crippen molar-refractivity contribution < 1.29 is 14.6 Å². The highest BCUT2D eigenvalue weighted by atomic mass is 16.5. The monoisotopic (exact) mass is 415 g/mol. The van der Waals surface area contributed by atoms with E-state index < -0.39 is 0 Å². The SMILES string of the molecule is CN=C(NCc1c(O)ccc2c1CCCC2)N1CCC(OCC2CCCCO2)CC1. The number of aliphatic imine (C=N–C) groups is 1. The standard InChI is InChI=1S/C24H37N3O3/c1-25-24(26-16-22-21-8-3-2-6-18(21)9-10-23(22)28)27-13-11-19(12-14-27)30-17-20-7-4-5-15-29-20/h9-10,19-20,28H,2-8,11-17H2,1H3,(H,25,26). The lowest BCUT2D eigenvalue weighted by atomic mass is 9.88. The van der Waals surface area contributed by atoms with E-state index in [0.29, 0.717) is 18.4 Å². The molecule has 1 atom stereocenters. The number of nitrogens with one attached hydrogen (secondary N) is 1. The maximum absolute atomic E-state index is 10.4. The number of hydrogen-bond acceptors (Lipinski definition) is 4. The average Bonchev–Trinajstić information content (AvgIpc) is 2.80. The van der Waals surface area contributed by atoms with Crippen LogP contribution in [0, 0.1) is 0 Å². The van der Waals surface area contributed by atoms with Crippen molar-refractivity contribution in [1.82, 2.24) is 10.2 Å². The van der Waals surface area contributed by atoms with Crippen molar-refractivity contribution in [3.63, 3.8) is 0 Å². The number of likely N-dealkylation sites (tertiary alicyclic amines) is 1. The molecule has 2 fully saturated rings. The highest BCUT2D eigenvalue weighted by molar-refractivity contribution is 5.80. The first-order valence-electron chi connectivity index (χ1n) is 11.8. The van der Waals surface area contributed by atoms with Crippen LogP contribution >= 0.6 is 0 Å². The summed E-state index contributed by atoms with van der Waals surface area (Å²) in [4.78, 5) is 6.81. The van der Waals surface area contributed by atoms with Gasteiger partial charge in [0.05, 0.1) is 18.8 Å². The van der Waals surface area contributed by atoms with Gasteiger partial charge in [-0.15, -0.1) is 0 Å². The van der Waals surface area contributed by atoms with Crippen molar-refractivity contribution in [3.05, 3.63) is 28.8 Å². The molecule has 2 heterocycles.